The molecule has 1 atom stereocenters. The number of nitrogens with zero attached hydrogens (tertiary/aromatic N) is 2. The molecule has 0 radical (unpaired) electrons. The van der Waals surface area contributed by atoms with Crippen molar-refractivity contribution in [1.82, 2.24) is 14.7 Å². The van der Waals surface area contributed by atoms with Crippen LogP contribution in [0.1, 0.15) is 36.4 Å². The number of fused-ring (bicyclic) bond motifs is 1. The van der Waals surface area contributed by atoms with Crippen LogP contribution < -0.4 is 15.0 Å². The van der Waals surface area contributed by atoms with Gasteiger partial charge in [0.1, 0.15) is 35.7 Å². The predicted molar refractivity (Wildman–Crippen MR) is 145 cm³/mol. The second-order valence-corrected chi connectivity index (χ2v) is 11.8. The number of hydrogen-bond donors (Lipinski definition) is 2. The summed E-state index contributed by atoms with van der Waals surface area (Å²) in [4.78, 5) is 15.1. The summed E-state index contributed by atoms with van der Waals surface area (Å²) >= 11 is 0. The van der Waals surface area contributed by atoms with E-state index in [1.54, 1.807) is 17.6 Å². The molecule has 1 saturated heterocycles. The Hall–Kier alpha value is -3.51. The fraction of sp³-hybridized carbons (Fsp3) is 0.345. The highest BCUT2D eigenvalue weighted by Gasteiger charge is 2.40. The molecule has 2 aliphatic rings. The Bertz CT molecular complexity index is 1430. The molecule has 40 heavy (non-hydrogen) atoms. The third-order valence-electron chi connectivity index (χ3n) is 7.26. The van der Waals surface area contributed by atoms with E-state index in [1.165, 1.54) is 67.8 Å². The number of piperidine rings is 1. The highest BCUT2D eigenvalue weighted by atomic mass is 32.2. The van der Waals surface area contributed by atoms with E-state index in [0.29, 0.717) is 35.8 Å². The first-order chi connectivity index (χ1) is 19.3. The smallest absolute Gasteiger partial charge is 0.266 e. The fourth-order valence-corrected chi connectivity index (χ4v) is 6.76. The van der Waals surface area contributed by atoms with Crippen molar-refractivity contribution in [2.45, 2.75) is 36.6 Å². The summed E-state index contributed by atoms with van der Waals surface area (Å²) in [5.74, 6) is 0.188. The first kappa shape index (κ1) is 28.0. The Balaban J connectivity index is 1.31. The van der Waals surface area contributed by atoms with Crippen LogP contribution in [-0.4, -0.2) is 61.5 Å². The molecule has 3 aromatic carbocycles. The summed E-state index contributed by atoms with van der Waals surface area (Å²) in [6.45, 7) is 3.59. The molecular formula is C29H32FN3O6S. The van der Waals surface area contributed by atoms with Gasteiger partial charge >= 0.3 is 0 Å². The average Bonchev–Trinajstić information content (AvgIpc) is 2.98. The molecule has 0 spiro atoms. The van der Waals surface area contributed by atoms with Crippen LogP contribution in [-0.2, 0) is 21.2 Å². The number of likely N-dealkylation sites (tertiary alicyclic amines) is 1. The molecule has 0 aliphatic carbocycles. The number of amides is 1. The maximum Gasteiger partial charge on any atom is 0.266 e. The van der Waals surface area contributed by atoms with Crippen LogP contribution in [0.25, 0.3) is 0 Å². The quantitative estimate of drug-likeness (QED) is 0.293. The zero-order valence-electron chi connectivity index (χ0n) is 22.0. The summed E-state index contributed by atoms with van der Waals surface area (Å²) in [5, 5.41) is 9.46. The Morgan fingerprint density at radius 1 is 0.925 bits per heavy atom. The van der Waals surface area contributed by atoms with Gasteiger partial charge in [0.25, 0.3) is 5.91 Å². The van der Waals surface area contributed by atoms with Gasteiger partial charge in [-0.2, -0.15) is 4.31 Å². The average molecular weight is 570 g/mol. The van der Waals surface area contributed by atoms with E-state index in [2.05, 4.69) is 4.90 Å². The summed E-state index contributed by atoms with van der Waals surface area (Å²) in [7, 11) is -4.12. The number of nitrogens with one attached hydrogen (secondary N) is 1. The number of benzene rings is 3. The van der Waals surface area contributed by atoms with Crippen molar-refractivity contribution < 1.29 is 32.3 Å². The number of sulfonamides is 1. The Kier molecular flexibility index (Phi) is 8.65. The lowest BCUT2D eigenvalue weighted by molar-refractivity contribution is -0.133. The van der Waals surface area contributed by atoms with Gasteiger partial charge in [-0.1, -0.05) is 12.5 Å². The lowest BCUT2D eigenvalue weighted by Crippen LogP contribution is -2.46. The van der Waals surface area contributed by atoms with Gasteiger partial charge in [0.2, 0.25) is 10.0 Å². The van der Waals surface area contributed by atoms with Crippen molar-refractivity contribution in [2.75, 3.05) is 32.8 Å². The van der Waals surface area contributed by atoms with Crippen molar-refractivity contribution in [3.05, 3.63) is 83.7 Å². The minimum absolute atomic E-state index is 0.0317. The van der Waals surface area contributed by atoms with Crippen molar-refractivity contribution >= 4 is 15.9 Å². The minimum atomic E-state index is -4.12. The van der Waals surface area contributed by atoms with E-state index in [1.807, 2.05) is 6.07 Å². The molecule has 1 fully saturated rings. The van der Waals surface area contributed by atoms with Gasteiger partial charge < -0.3 is 9.47 Å². The molecule has 0 saturated carbocycles. The van der Waals surface area contributed by atoms with Gasteiger partial charge in [0.15, 0.2) is 0 Å². The number of rotatable bonds is 9. The molecule has 5 rings (SSSR count). The summed E-state index contributed by atoms with van der Waals surface area (Å²) in [6, 6.07) is 15.2. The molecular weight excluding hydrogens is 537 g/mol. The number of hydroxylamine groups is 1. The molecule has 2 N–H and O–H groups in total. The van der Waals surface area contributed by atoms with Gasteiger partial charge in [-0.05, 0) is 104 Å². The Labute approximate surface area is 233 Å². The van der Waals surface area contributed by atoms with Crippen LogP contribution in [0.2, 0.25) is 0 Å². The third-order valence-corrected chi connectivity index (χ3v) is 9.14. The van der Waals surface area contributed by atoms with Crippen LogP contribution in [0.5, 0.6) is 17.2 Å². The highest BCUT2D eigenvalue weighted by molar-refractivity contribution is 7.89. The maximum atomic E-state index is 13.6. The van der Waals surface area contributed by atoms with Crippen molar-refractivity contribution in [2.24, 2.45) is 0 Å². The van der Waals surface area contributed by atoms with Crippen LogP contribution in [0.3, 0.4) is 0 Å². The number of carbonyl (C=O) groups excluding carboxylic acids is 1. The molecule has 9 nitrogen and oxygen atoms in total. The van der Waals surface area contributed by atoms with Gasteiger partial charge in [0.05, 0.1) is 4.90 Å². The van der Waals surface area contributed by atoms with E-state index in [0.717, 1.165) is 29.5 Å². The molecule has 2 aliphatic heterocycles. The molecule has 0 aromatic heterocycles. The van der Waals surface area contributed by atoms with Gasteiger partial charge in [-0.15, -0.1) is 0 Å². The molecule has 0 bridgehead atoms. The van der Waals surface area contributed by atoms with Crippen molar-refractivity contribution in [3.63, 3.8) is 0 Å². The van der Waals surface area contributed by atoms with Crippen LogP contribution >= 0.6 is 0 Å². The highest BCUT2D eigenvalue weighted by Crippen LogP contribution is 2.36. The van der Waals surface area contributed by atoms with Crippen molar-refractivity contribution in [1.29, 1.82) is 0 Å². The van der Waals surface area contributed by atoms with E-state index < -0.39 is 27.8 Å². The summed E-state index contributed by atoms with van der Waals surface area (Å²) < 4.78 is 53.2. The molecule has 1 unspecified atom stereocenters. The monoisotopic (exact) mass is 569 g/mol. The largest absolute Gasteiger partial charge is 0.492 e. The second-order valence-electron chi connectivity index (χ2n) is 9.88. The first-order valence-corrected chi connectivity index (χ1v) is 14.8. The minimum Gasteiger partial charge on any atom is -0.492 e. The summed E-state index contributed by atoms with van der Waals surface area (Å²) in [5.41, 5.74) is 2.90. The van der Waals surface area contributed by atoms with E-state index in [9.17, 15) is 22.8 Å². The first-order valence-electron chi connectivity index (χ1n) is 13.3. The van der Waals surface area contributed by atoms with Gasteiger partial charge in [-0.25, -0.2) is 18.3 Å². The van der Waals surface area contributed by atoms with Gasteiger partial charge in [-0.3, -0.25) is 14.9 Å². The van der Waals surface area contributed by atoms with E-state index in [-0.39, 0.29) is 11.4 Å². The normalized spacial score (nSPS) is 18.1. The number of halogens is 1. The Morgan fingerprint density at radius 2 is 1.57 bits per heavy atom. The molecule has 11 heteroatoms. The van der Waals surface area contributed by atoms with Gasteiger partial charge in [0, 0.05) is 13.1 Å². The van der Waals surface area contributed by atoms with Crippen LogP contribution in [0.4, 0.5) is 4.39 Å². The SMILES string of the molecule is O=C(NO)C1c2ccc(OCCN3CCCCC3)cc2CCN1S(=O)(=O)c1ccc(Oc2ccc(F)cc2)cc1. The molecule has 1 amide bonds. The standard InChI is InChI=1S/C29H32FN3O6S/c30-22-4-6-23(7-5-22)39-24-8-11-26(12-9-24)40(36,37)33-17-14-21-20-25(10-13-27(21)28(33)29(34)31-35)38-19-18-32-15-2-1-3-16-32/h4-13,20,28,35H,1-3,14-19H2,(H,31,34). The topological polar surface area (TPSA) is 108 Å². The zero-order valence-corrected chi connectivity index (χ0v) is 22.8. The van der Waals surface area contributed by atoms with E-state index >= 15 is 0 Å². The molecule has 212 valence electrons. The Morgan fingerprint density at radius 3 is 2.25 bits per heavy atom. The maximum absolute atomic E-state index is 13.6. The predicted octanol–water partition coefficient (Wildman–Crippen LogP) is 4.28. The lowest BCUT2D eigenvalue weighted by atomic mass is 9.93. The summed E-state index contributed by atoms with van der Waals surface area (Å²) in [6.07, 6.45) is 4.06. The van der Waals surface area contributed by atoms with Crippen molar-refractivity contribution in [3.8, 4) is 17.2 Å². The third kappa shape index (κ3) is 6.28. The number of carbonyl (C=O) groups is 1. The van der Waals surface area contributed by atoms with Crippen LogP contribution in [0.15, 0.2) is 71.6 Å². The van der Waals surface area contributed by atoms with Crippen LogP contribution in [0, 0.1) is 5.82 Å². The van der Waals surface area contributed by atoms with E-state index in [4.69, 9.17) is 9.47 Å². The lowest BCUT2D eigenvalue weighted by Gasteiger charge is -2.35. The molecule has 2 heterocycles. The fourth-order valence-electron chi connectivity index (χ4n) is 5.19. The second kappa shape index (κ2) is 12.3. The molecule has 3 aromatic rings. The number of hydrogen-bond acceptors (Lipinski definition) is 7. The number of ether oxygens (including phenoxy) is 2. The zero-order chi connectivity index (χ0) is 28.1.